The number of ether oxygens (including phenoxy) is 2. The van der Waals surface area contributed by atoms with E-state index in [1.54, 1.807) is 0 Å². The standard InChI is InChI=1S/C37H76N2O5/c1-7-9-11-13-15-17-19-21-23-25-27-36(41)43-31-29-38(3,4)33-35(40)34-39(5,6)30-32-44-37(42)28-26-24-22-20-18-16-14-12-10-8-2/h35,40H,7-34H2,1-6H3/q+2. The number of hydrogen-bond donors (Lipinski definition) is 1. The summed E-state index contributed by atoms with van der Waals surface area (Å²) in [5.41, 5.74) is 0. The Labute approximate surface area is 273 Å². The molecule has 44 heavy (non-hydrogen) atoms. The topological polar surface area (TPSA) is 72.8 Å². The van der Waals surface area contributed by atoms with Crippen LogP contribution in [0.5, 0.6) is 0 Å². The summed E-state index contributed by atoms with van der Waals surface area (Å²) in [7, 11) is 8.26. The van der Waals surface area contributed by atoms with Gasteiger partial charge in [-0.3, -0.25) is 9.59 Å². The molecule has 0 aromatic carbocycles. The number of hydrogen-bond acceptors (Lipinski definition) is 5. The van der Waals surface area contributed by atoms with Crippen LogP contribution in [0.3, 0.4) is 0 Å². The van der Waals surface area contributed by atoms with Crippen LogP contribution < -0.4 is 0 Å². The van der Waals surface area contributed by atoms with Crippen molar-refractivity contribution in [3.05, 3.63) is 0 Å². The molecule has 1 N–H and O–H groups in total. The largest absolute Gasteiger partial charge is 0.460 e. The molecule has 0 saturated heterocycles. The van der Waals surface area contributed by atoms with Crippen LogP contribution in [0.15, 0.2) is 0 Å². The molecule has 0 spiro atoms. The SMILES string of the molecule is CCCCCCCCCCCCC(=O)OCC[N+](C)(C)CC(O)C[N+](C)(C)CCOC(=O)CCCCCCCCCCCC. The third kappa shape index (κ3) is 29.5. The van der Waals surface area contributed by atoms with Crippen molar-refractivity contribution in [2.75, 3.05) is 67.6 Å². The molecule has 0 amide bonds. The van der Waals surface area contributed by atoms with Crippen molar-refractivity contribution in [2.45, 2.75) is 161 Å². The Morgan fingerprint density at radius 1 is 0.500 bits per heavy atom. The highest BCUT2D eigenvalue weighted by Crippen LogP contribution is 2.13. The summed E-state index contributed by atoms with van der Waals surface area (Å²) in [5.74, 6) is -0.212. The minimum Gasteiger partial charge on any atom is -0.460 e. The quantitative estimate of drug-likeness (QED) is 0.0462. The van der Waals surface area contributed by atoms with Gasteiger partial charge < -0.3 is 23.5 Å². The Hall–Kier alpha value is -1.18. The maximum absolute atomic E-state index is 12.2. The van der Waals surface area contributed by atoms with E-state index in [0.29, 0.717) is 61.2 Å². The minimum atomic E-state index is -0.496. The molecule has 0 saturated carbocycles. The molecule has 0 aliphatic heterocycles. The van der Waals surface area contributed by atoms with Crippen LogP contribution in [0.4, 0.5) is 0 Å². The Kier molecular flexibility index (Phi) is 27.3. The van der Waals surface area contributed by atoms with Crippen molar-refractivity contribution >= 4 is 11.9 Å². The van der Waals surface area contributed by atoms with Crippen LogP contribution >= 0.6 is 0 Å². The van der Waals surface area contributed by atoms with Crippen molar-refractivity contribution in [2.24, 2.45) is 0 Å². The molecule has 0 aliphatic carbocycles. The van der Waals surface area contributed by atoms with Crippen molar-refractivity contribution in [1.29, 1.82) is 0 Å². The van der Waals surface area contributed by atoms with Gasteiger partial charge in [-0.1, -0.05) is 129 Å². The fourth-order valence-electron chi connectivity index (χ4n) is 5.85. The molecule has 0 heterocycles. The van der Waals surface area contributed by atoms with Crippen LogP contribution in [-0.4, -0.2) is 99.7 Å². The number of carbonyl (C=O) groups excluding carboxylic acids is 2. The number of nitrogens with zero attached hydrogens (tertiary/aromatic N) is 2. The lowest BCUT2D eigenvalue weighted by atomic mass is 10.1. The van der Waals surface area contributed by atoms with Gasteiger partial charge in [0.25, 0.3) is 0 Å². The first-order chi connectivity index (χ1) is 21.0. The van der Waals surface area contributed by atoms with Gasteiger partial charge in [0.15, 0.2) is 6.10 Å². The highest BCUT2D eigenvalue weighted by atomic mass is 16.5. The summed E-state index contributed by atoms with van der Waals surface area (Å²) in [6.45, 7) is 7.76. The van der Waals surface area contributed by atoms with E-state index in [1.807, 2.05) is 0 Å². The smallest absolute Gasteiger partial charge is 0.305 e. The van der Waals surface area contributed by atoms with Crippen molar-refractivity contribution in [3.8, 4) is 0 Å². The number of aliphatic hydroxyl groups is 1. The maximum atomic E-state index is 12.2. The number of aliphatic hydroxyl groups excluding tert-OH is 1. The fourth-order valence-corrected chi connectivity index (χ4v) is 5.85. The molecule has 262 valence electrons. The van der Waals surface area contributed by atoms with Crippen LogP contribution in [0.25, 0.3) is 0 Å². The first-order valence-electron chi connectivity index (χ1n) is 18.6. The second-order valence-corrected chi connectivity index (χ2v) is 14.6. The van der Waals surface area contributed by atoms with Gasteiger partial charge in [-0.15, -0.1) is 0 Å². The molecule has 0 bridgehead atoms. The Bertz CT molecular complexity index is 627. The van der Waals surface area contributed by atoms with E-state index >= 15 is 0 Å². The van der Waals surface area contributed by atoms with E-state index in [2.05, 4.69) is 42.0 Å². The lowest BCUT2D eigenvalue weighted by Gasteiger charge is -2.35. The monoisotopic (exact) mass is 629 g/mol. The number of carbonyl (C=O) groups is 2. The molecule has 0 unspecified atom stereocenters. The summed E-state index contributed by atoms with van der Waals surface area (Å²) in [6, 6.07) is 0. The van der Waals surface area contributed by atoms with Gasteiger partial charge in [0.2, 0.25) is 0 Å². The fraction of sp³-hybridized carbons (Fsp3) is 0.946. The minimum absolute atomic E-state index is 0.106. The zero-order valence-corrected chi connectivity index (χ0v) is 30.4. The summed E-state index contributed by atoms with van der Waals surface area (Å²) in [4.78, 5) is 24.3. The summed E-state index contributed by atoms with van der Waals surface area (Å²) < 4.78 is 12.2. The van der Waals surface area contributed by atoms with Gasteiger partial charge in [0, 0.05) is 12.8 Å². The van der Waals surface area contributed by atoms with E-state index in [4.69, 9.17) is 9.47 Å². The summed E-state index contributed by atoms with van der Waals surface area (Å²) in [6.07, 6.45) is 25.6. The van der Waals surface area contributed by atoms with Crippen LogP contribution in [0.1, 0.15) is 155 Å². The maximum Gasteiger partial charge on any atom is 0.305 e. The molecule has 0 aromatic heterocycles. The normalized spacial score (nSPS) is 12.2. The van der Waals surface area contributed by atoms with Crippen LogP contribution in [0, 0.1) is 0 Å². The van der Waals surface area contributed by atoms with E-state index in [1.165, 1.54) is 103 Å². The molecule has 0 fully saturated rings. The predicted octanol–water partition coefficient (Wildman–Crippen LogP) is 8.21. The van der Waals surface area contributed by atoms with E-state index in [0.717, 1.165) is 25.7 Å². The Balaban J connectivity index is 3.89. The van der Waals surface area contributed by atoms with E-state index in [9.17, 15) is 14.7 Å². The highest BCUT2D eigenvalue weighted by Gasteiger charge is 2.27. The average molecular weight is 629 g/mol. The van der Waals surface area contributed by atoms with Gasteiger partial charge >= 0.3 is 11.9 Å². The average Bonchev–Trinajstić information content (AvgIpc) is 2.94. The summed E-state index contributed by atoms with van der Waals surface area (Å²) in [5, 5.41) is 10.8. The number of rotatable bonds is 32. The molecular formula is C37H76N2O5+2. The first-order valence-corrected chi connectivity index (χ1v) is 18.6. The number of esters is 2. The molecule has 0 aromatic rings. The second kappa shape index (κ2) is 28.1. The zero-order chi connectivity index (χ0) is 32.9. The van der Waals surface area contributed by atoms with Gasteiger partial charge in [0.1, 0.15) is 39.4 Å². The number of likely N-dealkylation sites (N-methyl/N-ethyl adjacent to an activating group) is 2. The Morgan fingerprint density at radius 2 is 0.773 bits per heavy atom. The van der Waals surface area contributed by atoms with E-state index < -0.39 is 6.10 Å². The lowest BCUT2D eigenvalue weighted by molar-refractivity contribution is -0.914. The molecule has 0 rings (SSSR count). The molecule has 0 radical (unpaired) electrons. The van der Waals surface area contributed by atoms with Crippen molar-refractivity contribution in [3.63, 3.8) is 0 Å². The third-order valence-corrected chi connectivity index (χ3v) is 8.80. The van der Waals surface area contributed by atoms with E-state index in [-0.39, 0.29) is 11.9 Å². The van der Waals surface area contributed by atoms with Gasteiger partial charge in [-0.25, -0.2) is 0 Å². The molecule has 0 aliphatic rings. The summed E-state index contributed by atoms with van der Waals surface area (Å²) >= 11 is 0. The molecular weight excluding hydrogens is 552 g/mol. The van der Waals surface area contributed by atoms with Gasteiger partial charge in [-0.05, 0) is 12.8 Å². The van der Waals surface area contributed by atoms with Crippen molar-refractivity contribution < 1.29 is 33.1 Å². The molecule has 7 heteroatoms. The third-order valence-electron chi connectivity index (χ3n) is 8.80. The highest BCUT2D eigenvalue weighted by molar-refractivity contribution is 5.69. The first kappa shape index (κ1) is 42.8. The number of unbranched alkanes of at least 4 members (excludes halogenated alkanes) is 18. The van der Waals surface area contributed by atoms with Gasteiger partial charge in [-0.2, -0.15) is 0 Å². The molecule has 0 atom stereocenters. The van der Waals surface area contributed by atoms with Gasteiger partial charge in [0.05, 0.1) is 28.2 Å². The zero-order valence-electron chi connectivity index (χ0n) is 30.4. The predicted molar refractivity (Wildman–Crippen MR) is 185 cm³/mol. The lowest BCUT2D eigenvalue weighted by Crippen LogP contribution is -2.54. The number of quaternary nitrogens is 2. The van der Waals surface area contributed by atoms with Crippen molar-refractivity contribution in [1.82, 2.24) is 0 Å². The van der Waals surface area contributed by atoms with Crippen LogP contribution in [-0.2, 0) is 19.1 Å². The second-order valence-electron chi connectivity index (χ2n) is 14.6. The Morgan fingerprint density at radius 3 is 1.07 bits per heavy atom. The van der Waals surface area contributed by atoms with Crippen LogP contribution in [0.2, 0.25) is 0 Å². The molecule has 7 nitrogen and oxygen atoms in total.